The zero-order chi connectivity index (χ0) is 31.3. The Morgan fingerprint density at radius 1 is 0.955 bits per heavy atom. The third-order valence-electron chi connectivity index (χ3n) is 8.26. The summed E-state index contributed by atoms with van der Waals surface area (Å²) in [5.41, 5.74) is 5.59. The van der Waals surface area contributed by atoms with E-state index in [9.17, 15) is 9.90 Å². The molecule has 5 aromatic rings. The van der Waals surface area contributed by atoms with E-state index < -0.39 is 0 Å². The number of pyridine rings is 2. The van der Waals surface area contributed by atoms with Crippen LogP contribution in [0.15, 0.2) is 71.0 Å². The summed E-state index contributed by atoms with van der Waals surface area (Å²) in [5, 5.41) is 13.1. The Balaban J connectivity index is 0.000000286. The van der Waals surface area contributed by atoms with Gasteiger partial charge in [0.15, 0.2) is 11.4 Å². The Labute approximate surface area is 275 Å². The van der Waals surface area contributed by atoms with Crippen molar-refractivity contribution in [2.45, 2.75) is 86.5 Å². The molecule has 0 saturated carbocycles. The fourth-order valence-corrected chi connectivity index (χ4v) is 5.67. The molecule has 1 radical (unpaired) electrons. The predicted molar refractivity (Wildman–Crippen MR) is 178 cm³/mol. The number of benzene rings is 2. The van der Waals surface area contributed by atoms with Crippen LogP contribution in [0, 0.1) is 24.8 Å². The Kier molecular flexibility index (Phi) is 12.1. The van der Waals surface area contributed by atoms with E-state index in [4.69, 9.17) is 9.40 Å². The number of aliphatic hydroxyl groups excluding tert-OH is 1. The number of carbonyl (C=O) groups excluding carboxylic acids is 1. The van der Waals surface area contributed by atoms with Crippen molar-refractivity contribution in [3.05, 3.63) is 84.0 Å². The Hall–Kier alpha value is -3.34. The molecule has 2 aromatic carbocycles. The number of aryl methyl sites for hydroxylation is 1. The van der Waals surface area contributed by atoms with Crippen LogP contribution in [0.3, 0.4) is 0 Å². The van der Waals surface area contributed by atoms with Crippen molar-refractivity contribution in [1.29, 1.82) is 0 Å². The molecule has 0 atom stereocenters. The molecule has 3 aromatic heterocycles. The molecule has 0 bridgehead atoms. The molecule has 3 heterocycles. The summed E-state index contributed by atoms with van der Waals surface area (Å²) in [6.07, 6.45) is 6.68. The minimum absolute atomic E-state index is 0. The number of hydrogen-bond donors (Lipinski definition) is 1. The van der Waals surface area contributed by atoms with Crippen molar-refractivity contribution in [1.82, 2.24) is 9.97 Å². The third-order valence-corrected chi connectivity index (χ3v) is 8.26. The molecule has 235 valence electrons. The molecule has 0 fully saturated rings. The van der Waals surface area contributed by atoms with Gasteiger partial charge in [0.05, 0.1) is 11.3 Å². The number of ketones is 1. The van der Waals surface area contributed by atoms with E-state index in [0.717, 1.165) is 70.1 Å². The van der Waals surface area contributed by atoms with Crippen LogP contribution in [0.25, 0.3) is 44.0 Å². The minimum Gasteiger partial charge on any atom is -0.512 e. The average Bonchev–Trinajstić information content (AvgIpc) is 3.39. The summed E-state index contributed by atoms with van der Waals surface area (Å²) in [4.78, 5) is 21.2. The average molecular weight is 770 g/mol. The van der Waals surface area contributed by atoms with Crippen molar-refractivity contribution in [2.75, 3.05) is 0 Å². The number of furan rings is 1. The van der Waals surface area contributed by atoms with Gasteiger partial charge in [0, 0.05) is 55.3 Å². The maximum atomic E-state index is 11.7. The predicted octanol–water partition coefficient (Wildman–Crippen LogP) is 10.5. The fourth-order valence-electron chi connectivity index (χ4n) is 5.67. The summed E-state index contributed by atoms with van der Waals surface area (Å²) in [5.74, 6) is 1.40. The first-order chi connectivity index (χ1) is 20.5. The number of rotatable bonds is 8. The van der Waals surface area contributed by atoms with Gasteiger partial charge in [0.25, 0.3) is 0 Å². The van der Waals surface area contributed by atoms with Crippen molar-refractivity contribution in [3.8, 4) is 11.3 Å². The smallest absolute Gasteiger partial charge is 0.162 e. The van der Waals surface area contributed by atoms with E-state index in [0.29, 0.717) is 0 Å². The zero-order valence-corrected chi connectivity index (χ0v) is 29.6. The fraction of sp³-hybridized carbons (Fsp3) is 0.395. The van der Waals surface area contributed by atoms with Gasteiger partial charge in [0.1, 0.15) is 11.3 Å². The Morgan fingerprint density at radius 3 is 2.25 bits per heavy atom. The van der Waals surface area contributed by atoms with Crippen LogP contribution >= 0.6 is 0 Å². The topological polar surface area (TPSA) is 76.2 Å². The zero-order valence-electron chi connectivity index (χ0n) is 27.2. The van der Waals surface area contributed by atoms with Crippen LogP contribution < -0.4 is 0 Å². The van der Waals surface area contributed by atoms with Gasteiger partial charge in [-0.15, -0.1) is 29.1 Å². The van der Waals surface area contributed by atoms with Gasteiger partial charge >= 0.3 is 0 Å². The number of hydrogen-bond acceptors (Lipinski definition) is 5. The van der Waals surface area contributed by atoms with E-state index in [-0.39, 0.29) is 48.9 Å². The van der Waals surface area contributed by atoms with Crippen LogP contribution in [-0.2, 0) is 30.3 Å². The summed E-state index contributed by atoms with van der Waals surface area (Å²) < 4.78 is 6.01. The molecule has 44 heavy (non-hydrogen) atoms. The van der Waals surface area contributed by atoms with E-state index >= 15 is 0 Å². The second-order valence-corrected chi connectivity index (χ2v) is 12.3. The van der Waals surface area contributed by atoms with E-state index in [1.165, 1.54) is 17.0 Å². The summed E-state index contributed by atoms with van der Waals surface area (Å²) in [6.45, 7) is 16.8. The van der Waals surface area contributed by atoms with Crippen LogP contribution in [0.4, 0.5) is 0 Å². The molecule has 0 spiro atoms. The quantitative estimate of drug-likeness (QED) is 0.0966. The van der Waals surface area contributed by atoms with E-state index in [1.54, 1.807) is 6.20 Å². The van der Waals surface area contributed by atoms with Crippen LogP contribution in [-0.4, -0.2) is 20.9 Å². The van der Waals surface area contributed by atoms with Crippen LogP contribution in [0.2, 0.25) is 0 Å². The first-order valence-corrected chi connectivity index (χ1v) is 15.6. The molecule has 0 aliphatic rings. The second-order valence-electron chi connectivity index (χ2n) is 12.3. The largest absolute Gasteiger partial charge is 0.512 e. The molecule has 5 nitrogen and oxygen atoms in total. The number of aromatic nitrogens is 2. The summed E-state index contributed by atoms with van der Waals surface area (Å²) in [7, 11) is 0. The molecule has 6 heteroatoms. The van der Waals surface area contributed by atoms with Crippen molar-refractivity contribution in [3.63, 3.8) is 0 Å². The van der Waals surface area contributed by atoms with Gasteiger partial charge in [-0.3, -0.25) is 14.8 Å². The molecule has 1 N–H and O–H groups in total. The number of nitrogens with zero attached hydrogens (tertiary/aromatic N) is 2. The first kappa shape index (κ1) is 35.1. The van der Waals surface area contributed by atoms with Crippen molar-refractivity contribution < 1.29 is 34.4 Å². The number of allylic oxidation sites excluding steroid dienone is 2. The van der Waals surface area contributed by atoms with Crippen molar-refractivity contribution in [2.24, 2.45) is 11.8 Å². The second kappa shape index (κ2) is 15.1. The number of carbonyl (C=O) groups is 1. The monoisotopic (exact) mass is 770 g/mol. The molecule has 0 aliphatic heterocycles. The minimum atomic E-state index is 0. The molecule has 0 unspecified atom stereocenters. The standard InChI is InChI=1S/C25H21N2O.C13H24O2.Ir/c1-15-12-19-22(27-21-10-7-11-26-23(21)24(19)28-15)17-13-16-8-5-6-9-18(16)20(14-17)25(2,3)4;1-5-10(6-2)12(14)9-13(15)11(7-3)8-4;/h5-12,14H,1-4H3;9-11,14H,5-8H2,1-4H3;/q-1;;/b;12-9-;. The van der Waals surface area contributed by atoms with E-state index in [1.807, 2.05) is 52.8 Å². The normalized spacial score (nSPS) is 12.1. The Bertz CT molecular complexity index is 1760. The van der Waals surface area contributed by atoms with Gasteiger partial charge in [-0.1, -0.05) is 77.6 Å². The molecule has 0 aliphatic carbocycles. The van der Waals surface area contributed by atoms with Gasteiger partial charge in [-0.2, -0.15) is 0 Å². The van der Waals surface area contributed by atoms with Gasteiger partial charge in [-0.05, 0) is 56.2 Å². The van der Waals surface area contributed by atoms with Gasteiger partial charge < -0.3 is 9.52 Å². The SMILES string of the molecule is CCC(CC)C(=O)/C=C(\O)C(CC)CC.Cc1cc2c(-c3[c-]c4ccccc4c(C(C)(C)C)c3)nc3cccnc3c2o1.[Ir]. The Morgan fingerprint density at radius 2 is 1.61 bits per heavy atom. The van der Waals surface area contributed by atoms with Crippen LogP contribution in [0.5, 0.6) is 0 Å². The van der Waals surface area contributed by atoms with Crippen LogP contribution in [0.1, 0.15) is 85.5 Å². The summed E-state index contributed by atoms with van der Waals surface area (Å²) in [6, 6.07) is 20.2. The first-order valence-electron chi connectivity index (χ1n) is 15.6. The maximum absolute atomic E-state index is 11.7. The van der Waals surface area contributed by atoms with Crippen molar-refractivity contribution >= 4 is 38.6 Å². The maximum Gasteiger partial charge on any atom is 0.162 e. The van der Waals surface area contributed by atoms with Gasteiger partial charge in [0.2, 0.25) is 0 Å². The number of aliphatic hydroxyl groups is 1. The molecule has 0 amide bonds. The summed E-state index contributed by atoms with van der Waals surface area (Å²) >= 11 is 0. The van der Waals surface area contributed by atoms with E-state index in [2.05, 4.69) is 62.2 Å². The molecular formula is C38H45IrN2O3-. The third kappa shape index (κ3) is 7.65. The molecule has 0 saturated heterocycles. The molecular weight excluding hydrogens is 725 g/mol. The van der Waals surface area contributed by atoms with Gasteiger partial charge in [-0.25, -0.2) is 0 Å². The number of fused-ring (bicyclic) bond motifs is 4. The molecule has 5 rings (SSSR count).